The van der Waals surface area contributed by atoms with Crippen molar-refractivity contribution >= 4 is 11.8 Å². The maximum atomic E-state index is 11.7. The Hall–Kier alpha value is -1.27. The molecule has 0 radical (unpaired) electrons. The zero-order valence-corrected chi connectivity index (χ0v) is 9.36. The number of hydrogen-bond donors (Lipinski definition) is 2. The van der Waals surface area contributed by atoms with Gasteiger partial charge in [0.2, 0.25) is 5.91 Å². The predicted molar refractivity (Wildman–Crippen MR) is 51.5 cm³/mol. The first-order valence-electron chi connectivity index (χ1n) is 4.68. The fourth-order valence-corrected chi connectivity index (χ4v) is 0.717. The Kier molecular flexibility index (Phi) is 4.77. The number of halogens is 3. The molecule has 0 bridgehead atoms. The van der Waals surface area contributed by atoms with Crippen molar-refractivity contribution in [1.29, 1.82) is 0 Å². The van der Waals surface area contributed by atoms with Crippen LogP contribution in [0.1, 0.15) is 20.8 Å². The van der Waals surface area contributed by atoms with Crippen LogP contribution in [0.25, 0.3) is 0 Å². The van der Waals surface area contributed by atoms with E-state index in [1.165, 1.54) is 0 Å². The Labute approximate surface area is 91.6 Å². The molecule has 94 valence electrons. The van der Waals surface area contributed by atoms with Crippen LogP contribution in [0.3, 0.4) is 0 Å². The van der Waals surface area contributed by atoms with E-state index in [0.29, 0.717) is 0 Å². The van der Waals surface area contributed by atoms with E-state index in [4.69, 9.17) is 0 Å². The molecule has 0 aliphatic heterocycles. The Bertz CT molecular complexity index is 241. The molecule has 0 atom stereocenters. The molecule has 16 heavy (non-hydrogen) atoms. The van der Waals surface area contributed by atoms with Gasteiger partial charge in [-0.1, -0.05) is 20.8 Å². The molecule has 0 saturated heterocycles. The molecule has 4 nitrogen and oxygen atoms in total. The molecule has 2 amide bonds. The van der Waals surface area contributed by atoms with Gasteiger partial charge >= 0.3 is 12.1 Å². The predicted octanol–water partition coefficient (Wildman–Crippen LogP) is 0.827. The zero-order chi connectivity index (χ0) is 13.0. The number of carbonyl (C=O) groups excluding carboxylic acids is 2. The van der Waals surface area contributed by atoms with E-state index in [9.17, 15) is 22.8 Å². The third-order valence-electron chi connectivity index (χ3n) is 1.63. The normalized spacial score (nSPS) is 12.1. The van der Waals surface area contributed by atoms with E-state index in [0.717, 1.165) is 0 Å². The maximum Gasteiger partial charge on any atom is 0.471 e. The molecule has 0 unspecified atom stereocenters. The van der Waals surface area contributed by atoms with E-state index in [-0.39, 0.29) is 19.0 Å². The van der Waals surface area contributed by atoms with Crippen molar-refractivity contribution < 1.29 is 22.8 Å². The van der Waals surface area contributed by atoms with Gasteiger partial charge in [-0.3, -0.25) is 9.59 Å². The molecule has 0 aromatic carbocycles. The largest absolute Gasteiger partial charge is 0.471 e. The van der Waals surface area contributed by atoms with Crippen molar-refractivity contribution in [2.24, 2.45) is 5.41 Å². The second kappa shape index (κ2) is 5.18. The summed E-state index contributed by atoms with van der Waals surface area (Å²) in [7, 11) is 0. The summed E-state index contributed by atoms with van der Waals surface area (Å²) in [5.41, 5.74) is -0.603. The molecule has 0 saturated carbocycles. The molecule has 7 heteroatoms. The van der Waals surface area contributed by atoms with Crippen molar-refractivity contribution in [3.8, 4) is 0 Å². The van der Waals surface area contributed by atoms with E-state index < -0.39 is 17.5 Å². The van der Waals surface area contributed by atoms with Crippen LogP contribution < -0.4 is 10.6 Å². The van der Waals surface area contributed by atoms with Crippen LogP contribution in [0, 0.1) is 5.41 Å². The Morgan fingerprint density at radius 1 is 0.938 bits per heavy atom. The Balaban J connectivity index is 3.79. The van der Waals surface area contributed by atoms with E-state index in [1.54, 1.807) is 26.1 Å². The van der Waals surface area contributed by atoms with Crippen LogP contribution in [0.5, 0.6) is 0 Å². The molecule has 0 aliphatic rings. The standard InChI is InChI=1S/C9H15F3N2O2/c1-8(2,3)6(15)13-4-5-14-7(16)9(10,11)12/h4-5H2,1-3H3,(H,13,15)(H,14,16). The van der Waals surface area contributed by atoms with Gasteiger partial charge in [-0.2, -0.15) is 13.2 Å². The summed E-state index contributed by atoms with van der Waals surface area (Å²) in [6.45, 7) is 4.75. The molecule has 2 N–H and O–H groups in total. The molecule has 0 aromatic heterocycles. The summed E-state index contributed by atoms with van der Waals surface area (Å²) >= 11 is 0. The third-order valence-corrected chi connectivity index (χ3v) is 1.63. The number of hydrogen-bond acceptors (Lipinski definition) is 2. The average Bonchev–Trinajstić information content (AvgIpc) is 2.08. The average molecular weight is 240 g/mol. The summed E-state index contributed by atoms with van der Waals surface area (Å²) in [4.78, 5) is 21.6. The second-order valence-corrected chi connectivity index (χ2v) is 4.26. The number of rotatable bonds is 3. The van der Waals surface area contributed by atoms with Gasteiger partial charge in [0.15, 0.2) is 0 Å². The highest BCUT2D eigenvalue weighted by Crippen LogP contribution is 2.14. The highest BCUT2D eigenvalue weighted by Gasteiger charge is 2.38. The van der Waals surface area contributed by atoms with Gasteiger partial charge in [-0.05, 0) is 0 Å². The van der Waals surface area contributed by atoms with Gasteiger partial charge < -0.3 is 10.6 Å². The fraction of sp³-hybridized carbons (Fsp3) is 0.778. The van der Waals surface area contributed by atoms with Gasteiger partial charge in [0.1, 0.15) is 0 Å². The van der Waals surface area contributed by atoms with Crippen molar-refractivity contribution in [3.05, 3.63) is 0 Å². The molecular formula is C9H15F3N2O2. The first-order valence-corrected chi connectivity index (χ1v) is 4.68. The Morgan fingerprint density at radius 3 is 1.62 bits per heavy atom. The van der Waals surface area contributed by atoms with Crippen LogP contribution in [0.2, 0.25) is 0 Å². The molecule has 0 spiro atoms. The smallest absolute Gasteiger partial charge is 0.354 e. The monoisotopic (exact) mass is 240 g/mol. The minimum absolute atomic E-state index is 0.0298. The summed E-state index contributed by atoms with van der Waals surface area (Å²) in [5.74, 6) is -2.29. The number of amides is 2. The topological polar surface area (TPSA) is 58.2 Å². The van der Waals surface area contributed by atoms with E-state index >= 15 is 0 Å². The van der Waals surface area contributed by atoms with Crippen molar-refractivity contribution in [2.75, 3.05) is 13.1 Å². The van der Waals surface area contributed by atoms with Crippen LogP contribution in [0.15, 0.2) is 0 Å². The molecule has 0 aliphatic carbocycles. The highest BCUT2D eigenvalue weighted by atomic mass is 19.4. The first kappa shape index (κ1) is 14.7. The highest BCUT2D eigenvalue weighted by molar-refractivity contribution is 5.82. The lowest BCUT2D eigenvalue weighted by Crippen LogP contribution is -2.43. The van der Waals surface area contributed by atoms with Crippen molar-refractivity contribution in [1.82, 2.24) is 10.6 Å². The molecule has 0 fully saturated rings. The van der Waals surface area contributed by atoms with Crippen LogP contribution in [-0.2, 0) is 9.59 Å². The van der Waals surface area contributed by atoms with Crippen molar-refractivity contribution in [2.45, 2.75) is 26.9 Å². The maximum absolute atomic E-state index is 11.7. The van der Waals surface area contributed by atoms with E-state index in [1.807, 2.05) is 0 Å². The summed E-state index contributed by atoms with van der Waals surface area (Å²) in [5, 5.41) is 4.06. The Morgan fingerprint density at radius 2 is 1.31 bits per heavy atom. The van der Waals surface area contributed by atoms with Crippen LogP contribution in [-0.4, -0.2) is 31.1 Å². The van der Waals surface area contributed by atoms with Gasteiger partial charge in [-0.15, -0.1) is 0 Å². The SMILES string of the molecule is CC(C)(C)C(=O)NCCNC(=O)C(F)(F)F. The van der Waals surface area contributed by atoms with Gasteiger partial charge in [0.25, 0.3) is 0 Å². The molecule has 0 heterocycles. The van der Waals surface area contributed by atoms with E-state index in [2.05, 4.69) is 5.32 Å². The number of nitrogens with one attached hydrogen (secondary N) is 2. The summed E-state index contributed by atoms with van der Waals surface area (Å²) < 4.78 is 35.2. The van der Waals surface area contributed by atoms with Gasteiger partial charge in [0.05, 0.1) is 0 Å². The molecule has 0 aromatic rings. The van der Waals surface area contributed by atoms with Crippen LogP contribution >= 0.6 is 0 Å². The lowest BCUT2D eigenvalue weighted by molar-refractivity contribution is -0.173. The quantitative estimate of drug-likeness (QED) is 0.718. The minimum atomic E-state index is -4.88. The minimum Gasteiger partial charge on any atom is -0.354 e. The zero-order valence-electron chi connectivity index (χ0n) is 9.36. The first-order chi connectivity index (χ1) is 7.05. The van der Waals surface area contributed by atoms with Gasteiger partial charge in [-0.25, -0.2) is 0 Å². The lowest BCUT2D eigenvalue weighted by atomic mass is 9.96. The summed E-state index contributed by atoms with van der Waals surface area (Å²) in [6.07, 6.45) is -4.88. The lowest BCUT2D eigenvalue weighted by Gasteiger charge is -2.17. The van der Waals surface area contributed by atoms with Gasteiger partial charge in [0, 0.05) is 18.5 Å². The third kappa shape index (κ3) is 5.57. The molecule has 0 rings (SSSR count). The van der Waals surface area contributed by atoms with Crippen molar-refractivity contribution in [3.63, 3.8) is 0 Å². The van der Waals surface area contributed by atoms with Crippen LogP contribution in [0.4, 0.5) is 13.2 Å². The number of alkyl halides is 3. The summed E-state index contributed by atoms with van der Waals surface area (Å²) in [6, 6.07) is 0. The second-order valence-electron chi connectivity index (χ2n) is 4.26. The fourth-order valence-electron chi connectivity index (χ4n) is 0.717. The molecular weight excluding hydrogens is 225 g/mol. The number of carbonyl (C=O) groups is 2.